The lowest BCUT2D eigenvalue weighted by molar-refractivity contribution is -0.124. The van der Waals surface area contributed by atoms with Crippen LogP contribution in [0.5, 0.6) is 0 Å². The van der Waals surface area contributed by atoms with Crippen LogP contribution in [0.25, 0.3) is 0 Å². The molecule has 3 saturated carbocycles. The van der Waals surface area contributed by atoms with Crippen LogP contribution in [0, 0.1) is 17.8 Å². The lowest BCUT2D eigenvalue weighted by Crippen LogP contribution is -2.57. The van der Waals surface area contributed by atoms with Crippen molar-refractivity contribution in [1.29, 1.82) is 0 Å². The Labute approximate surface area is 127 Å². The Morgan fingerprint density at radius 3 is 2.05 bits per heavy atom. The van der Waals surface area contributed by atoms with Crippen molar-refractivity contribution in [2.24, 2.45) is 23.5 Å². The van der Waals surface area contributed by atoms with Crippen LogP contribution in [0.3, 0.4) is 0 Å². The zero-order chi connectivity index (χ0) is 14.2. The van der Waals surface area contributed by atoms with E-state index in [2.05, 4.69) is 5.32 Å². The third-order valence-corrected chi connectivity index (χ3v) is 6.14. The molecule has 0 aromatic heterocycles. The predicted octanol–water partition coefficient (Wildman–Crippen LogP) is 2.92. The summed E-state index contributed by atoms with van der Waals surface area (Å²) in [6.07, 6.45) is 11.6. The lowest BCUT2D eigenvalue weighted by atomic mass is 9.89. The highest BCUT2D eigenvalue weighted by Crippen LogP contribution is 2.55. The Morgan fingerprint density at radius 2 is 1.55 bits per heavy atom. The monoisotopic (exact) mass is 294 g/mol. The standard InChI is InChI=1S/C16H26N2OS/c17-15(20)16(9-5-1-2-6-10-16)18-14(19)13-11-7-3-4-8-12(11)13/h11-13H,1-10H2,(H2,17,20)(H,18,19). The quantitative estimate of drug-likeness (QED) is 0.621. The van der Waals surface area contributed by atoms with Crippen molar-refractivity contribution in [1.82, 2.24) is 5.32 Å². The molecule has 3 rings (SSSR count). The molecule has 0 aromatic rings. The number of nitrogens with one attached hydrogen (secondary N) is 1. The normalized spacial score (nSPS) is 35.5. The second-order valence-corrected chi connectivity index (χ2v) is 7.43. The second kappa shape index (κ2) is 5.63. The van der Waals surface area contributed by atoms with E-state index < -0.39 is 5.54 Å². The Balaban J connectivity index is 1.67. The molecule has 0 heterocycles. The highest BCUT2D eigenvalue weighted by Gasteiger charge is 2.55. The number of hydrogen-bond donors (Lipinski definition) is 2. The minimum absolute atomic E-state index is 0.233. The van der Waals surface area contributed by atoms with Crippen molar-refractivity contribution < 1.29 is 4.79 Å². The molecule has 20 heavy (non-hydrogen) atoms. The van der Waals surface area contributed by atoms with Gasteiger partial charge in [0, 0.05) is 5.92 Å². The summed E-state index contributed by atoms with van der Waals surface area (Å²) in [7, 11) is 0. The largest absolute Gasteiger partial charge is 0.391 e. The van der Waals surface area contributed by atoms with Gasteiger partial charge >= 0.3 is 0 Å². The summed E-state index contributed by atoms with van der Waals surface area (Å²) < 4.78 is 0. The summed E-state index contributed by atoms with van der Waals surface area (Å²) >= 11 is 5.30. The molecule has 2 atom stereocenters. The van der Waals surface area contributed by atoms with Gasteiger partial charge in [-0.25, -0.2) is 0 Å². The maximum absolute atomic E-state index is 12.6. The first-order chi connectivity index (χ1) is 9.64. The maximum Gasteiger partial charge on any atom is 0.224 e. The Bertz CT molecular complexity index is 389. The zero-order valence-electron chi connectivity index (χ0n) is 12.2. The molecule has 2 unspecified atom stereocenters. The number of nitrogens with two attached hydrogens (primary N) is 1. The number of carbonyl (C=O) groups is 1. The fourth-order valence-corrected chi connectivity index (χ4v) is 4.72. The topological polar surface area (TPSA) is 55.1 Å². The van der Waals surface area contributed by atoms with Crippen LogP contribution < -0.4 is 11.1 Å². The highest BCUT2D eigenvalue weighted by molar-refractivity contribution is 7.80. The van der Waals surface area contributed by atoms with Gasteiger partial charge in [0.1, 0.15) is 0 Å². The fraction of sp³-hybridized carbons (Fsp3) is 0.875. The van der Waals surface area contributed by atoms with E-state index in [1.54, 1.807) is 0 Å². The van der Waals surface area contributed by atoms with Gasteiger partial charge in [0.2, 0.25) is 5.91 Å². The lowest BCUT2D eigenvalue weighted by Gasteiger charge is -2.33. The van der Waals surface area contributed by atoms with Crippen molar-refractivity contribution in [2.75, 3.05) is 0 Å². The van der Waals surface area contributed by atoms with Crippen LogP contribution in [0.4, 0.5) is 0 Å². The molecule has 3 N–H and O–H groups in total. The number of hydrogen-bond acceptors (Lipinski definition) is 2. The molecule has 0 saturated heterocycles. The van der Waals surface area contributed by atoms with Crippen molar-refractivity contribution in [2.45, 2.75) is 69.7 Å². The van der Waals surface area contributed by atoms with E-state index in [-0.39, 0.29) is 11.8 Å². The molecule has 0 aromatic carbocycles. The first-order valence-electron chi connectivity index (χ1n) is 8.26. The molecule has 0 aliphatic heterocycles. The third kappa shape index (κ3) is 2.59. The Hall–Kier alpha value is -0.640. The number of thiocarbonyl (C=S) groups is 1. The number of fused-ring (bicyclic) bond motifs is 1. The van der Waals surface area contributed by atoms with Crippen molar-refractivity contribution in [3.8, 4) is 0 Å². The van der Waals surface area contributed by atoms with Gasteiger partial charge < -0.3 is 11.1 Å². The van der Waals surface area contributed by atoms with Crippen LogP contribution in [-0.4, -0.2) is 16.4 Å². The molecule has 3 fully saturated rings. The van der Waals surface area contributed by atoms with Crippen molar-refractivity contribution >= 4 is 23.1 Å². The van der Waals surface area contributed by atoms with E-state index in [0.717, 1.165) is 25.7 Å². The summed E-state index contributed by atoms with van der Waals surface area (Å²) in [5.41, 5.74) is 5.61. The van der Waals surface area contributed by atoms with Crippen molar-refractivity contribution in [3.05, 3.63) is 0 Å². The van der Waals surface area contributed by atoms with E-state index in [9.17, 15) is 4.79 Å². The van der Waals surface area contributed by atoms with Gasteiger partial charge in [0.05, 0.1) is 10.5 Å². The molecule has 0 spiro atoms. The van der Waals surface area contributed by atoms with E-state index in [0.29, 0.717) is 16.8 Å². The van der Waals surface area contributed by atoms with E-state index in [4.69, 9.17) is 18.0 Å². The highest BCUT2D eigenvalue weighted by atomic mass is 32.1. The summed E-state index contributed by atoms with van der Waals surface area (Å²) in [4.78, 5) is 13.1. The van der Waals surface area contributed by atoms with Crippen LogP contribution in [0.15, 0.2) is 0 Å². The summed E-state index contributed by atoms with van der Waals surface area (Å²) in [6.45, 7) is 0. The SMILES string of the molecule is NC(=S)C1(NC(=O)C2C3CCCCC32)CCCCCC1. The Morgan fingerprint density at radius 1 is 1.00 bits per heavy atom. The van der Waals surface area contributed by atoms with Crippen LogP contribution in [-0.2, 0) is 4.79 Å². The van der Waals surface area contributed by atoms with Gasteiger partial charge in [0.15, 0.2) is 0 Å². The molecule has 0 radical (unpaired) electrons. The number of carbonyl (C=O) groups excluding carboxylic acids is 1. The summed E-state index contributed by atoms with van der Waals surface area (Å²) in [6, 6.07) is 0. The summed E-state index contributed by atoms with van der Waals surface area (Å²) in [5.74, 6) is 1.79. The molecular formula is C16H26N2OS. The first kappa shape index (κ1) is 14.3. The fourth-order valence-electron chi connectivity index (χ4n) is 4.47. The number of amides is 1. The average Bonchev–Trinajstić information content (AvgIpc) is 3.18. The molecule has 4 heteroatoms. The third-order valence-electron chi connectivity index (χ3n) is 5.75. The molecule has 1 amide bonds. The second-order valence-electron chi connectivity index (χ2n) is 6.99. The predicted molar refractivity (Wildman–Crippen MR) is 84.3 cm³/mol. The van der Waals surface area contributed by atoms with E-state index >= 15 is 0 Å². The van der Waals surface area contributed by atoms with Gasteiger partial charge in [-0.05, 0) is 37.5 Å². The maximum atomic E-state index is 12.6. The van der Waals surface area contributed by atoms with E-state index in [1.807, 2.05) is 0 Å². The molecule has 3 aliphatic carbocycles. The molecule has 112 valence electrons. The number of rotatable bonds is 3. The first-order valence-corrected chi connectivity index (χ1v) is 8.67. The molecule has 3 aliphatic rings. The summed E-state index contributed by atoms with van der Waals surface area (Å²) in [5, 5.41) is 3.28. The Kier molecular flexibility index (Phi) is 4.02. The molecule has 0 bridgehead atoms. The van der Waals surface area contributed by atoms with Crippen LogP contribution in [0.2, 0.25) is 0 Å². The molecular weight excluding hydrogens is 268 g/mol. The minimum atomic E-state index is -0.394. The smallest absolute Gasteiger partial charge is 0.224 e. The van der Waals surface area contributed by atoms with Crippen molar-refractivity contribution in [3.63, 3.8) is 0 Å². The zero-order valence-corrected chi connectivity index (χ0v) is 13.0. The van der Waals surface area contributed by atoms with Gasteiger partial charge in [-0.3, -0.25) is 4.79 Å². The van der Waals surface area contributed by atoms with Crippen LogP contribution in [0.1, 0.15) is 64.2 Å². The minimum Gasteiger partial charge on any atom is -0.391 e. The van der Waals surface area contributed by atoms with Gasteiger partial charge in [-0.2, -0.15) is 0 Å². The van der Waals surface area contributed by atoms with Gasteiger partial charge in [-0.1, -0.05) is 50.7 Å². The average molecular weight is 294 g/mol. The van der Waals surface area contributed by atoms with E-state index in [1.165, 1.54) is 38.5 Å². The van der Waals surface area contributed by atoms with Gasteiger partial charge in [-0.15, -0.1) is 0 Å². The molecule has 3 nitrogen and oxygen atoms in total. The van der Waals surface area contributed by atoms with Crippen LogP contribution >= 0.6 is 12.2 Å². The van der Waals surface area contributed by atoms with Gasteiger partial charge in [0.25, 0.3) is 0 Å².